The normalized spacial score (nSPS) is 8.62. The van der Waals surface area contributed by atoms with Gasteiger partial charge in [-0.05, 0) is 6.07 Å². The maximum absolute atomic E-state index is 10.7. The van der Waals surface area contributed by atoms with Gasteiger partial charge < -0.3 is 15.3 Å². The maximum Gasteiger partial charge on any atom is 0.337 e. The molecule has 3 N–H and O–H groups in total. The largest absolute Gasteiger partial charge is 0.478 e. The molecule has 0 bridgehead atoms. The third-order valence-corrected chi connectivity index (χ3v) is 1.67. The van der Waals surface area contributed by atoms with Crippen molar-refractivity contribution in [3.8, 4) is 0 Å². The van der Waals surface area contributed by atoms with Crippen molar-refractivity contribution in [3.05, 3.63) is 34.9 Å². The molecule has 0 aromatic heterocycles. The minimum atomic E-state index is -1.43. The van der Waals surface area contributed by atoms with Crippen LogP contribution in [-0.4, -0.2) is 40.7 Å². The second-order valence-corrected chi connectivity index (χ2v) is 2.50. The number of carbonyl (C=O) groups is 3. The van der Waals surface area contributed by atoms with E-state index in [0.29, 0.717) is 6.29 Å². The Kier molecular flexibility index (Phi) is 5.44. The molecule has 0 atom stereocenters. The first kappa shape index (κ1) is 13.8. The average Bonchev–Trinajstić information content (AvgIpc) is 2.30. The Labute approximate surface area is 90.8 Å². The van der Waals surface area contributed by atoms with Crippen molar-refractivity contribution in [2.75, 3.05) is 7.11 Å². The molecule has 1 aromatic rings. The summed E-state index contributed by atoms with van der Waals surface area (Å²) < 4.78 is 0. The lowest BCUT2D eigenvalue weighted by atomic mass is 10.0. The van der Waals surface area contributed by atoms with Gasteiger partial charge in [-0.3, -0.25) is 4.79 Å². The number of carbonyl (C=O) groups excluding carboxylic acids is 1. The highest BCUT2D eigenvalue weighted by molar-refractivity contribution is 6.06. The van der Waals surface area contributed by atoms with Crippen LogP contribution in [0.15, 0.2) is 18.2 Å². The van der Waals surface area contributed by atoms with Crippen molar-refractivity contribution in [2.45, 2.75) is 0 Å². The van der Waals surface area contributed by atoms with Crippen LogP contribution in [-0.2, 0) is 0 Å². The van der Waals surface area contributed by atoms with Crippen LogP contribution in [0.1, 0.15) is 31.1 Å². The third-order valence-electron chi connectivity index (χ3n) is 1.67. The molecule has 86 valence electrons. The van der Waals surface area contributed by atoms with Gasteiger partial charge in [0.05, 0.1) is 11.1 Å². The summed E-state index contributed by atoms with van der Waals surface area (Å²) in [5.41, 5.74) is -1.01. The number of benzene rings is 1. The molecular formula is C10H10O6. The summed E-state index contributed by atoms with van der Waals surface area (Å²) in [6.07, 6.45) is 0.315. The number of carboxylic acids is 2. The molecule has 0 amide bonds. The fraction of sp³-hybridized carbons (Fsp3) is 0.100. The van der Waals surface area contributed by atoms with Gasteiger partial charge >= 0.3 is 11.9 Å². The first-order valence-electron chi connectivity index (χ1n) is 4.07. The lowest BCUT2D eigenvalue weighted by Crippen LogP contribution is -2.10. The molecule has 6 nitrogen and oxygen atoms in total. The van der Waals surface area contributed by atoms with Gasteiger partial charge in [-0.25, -0.2) is 9.59 Å². The zero-order chi connectivity index (χ0) is 12.7. The Morgan fingerprint density at radius 1 is 1.12 bits per heavy atom. The summed E-state index contributed by atoms with van der Waals surface area (Å²) in [4.78, 5) is 31.7. The Bertz CT molecular complexity index is 410. The molecule has 1 aromatic carbocycles. The van der Waals surface area contributed by atoms with E-state index >= 15 is 0 Å². The number of aliphatic hydroxyl groups is 1. The molecule has 0 radical (unpaired) electrons. The van der Waals surface area contributed by atoms with E-state index in [1.54, 1.807) is 0 Å². The Hall–Kier alpha value is -2.21. The average molecular weight is 226 g/mol. The van der Waals surface area contributed by atoms with Crippen LogP contribution in [0.3, 0.4) is 0 Å². The van der Waals surface area contributed by atoms with Crippen molar-refractivity contribution in [1.29, 1.82) is 0 Å². The van der Waals surface area contributed by atoms with Crippen molar-refractivity contribution in [2.24, 2.45) is 0 Å². The Morgan fingerprint density at radius 2 is 1.69 bits per heavy atom. The van der Waals surface area contributed by atoms with Crippen molar-refractivity contribution >= 4 is 18.2 Å². The number of rotatable bonds is 3. The molecule has 16 heavy (non-hydrogen) atoms. The van der Waals surface area contributed by atoms with Crippen LogP contribution in [0.25, 0.3) is 0 Å². The summed E-state index contributed by atoms with van der Waals surface area (Å²) in [7, 11) is 1.00. The van der Waals surface area contributed by atoms with E-state index in [1.165, 1.54) is 12.1 Å². The number of aromatic carboxylic acids is 2. The predicted octanol–water partition coefficient (Wildman–Crippen LogP) is 0.504. The van der Waals surface area contributed by atoms with Gasteiger partial charge in [0.1, 0.15) is 0 Å². The topological polar surface area (TPSA) is 112 Å². The predicted molar refractivity (Wildman–Crippen MR) is 53.9 cm³/mol. The molecule has 0 heterocycles. The fourth-order valence-corrected chi connectivity index (χ4v) is 1.09. The number of carboxylic acid groups (broad SMARTS) is 2. The summed E-state index contributed by atoms with van der Waals surface area (Å²) in [5.74, 6) is -2.80. The van der Waals surface area contributed by atoms with Crippen LogP contribution in [0.5, 0.6) is 0 Å². The smallest absolute Gasteiger partial charge is 0.337 e. The van der Waals surface area contributed by atoms with Gasteiger partial charge in [-0.15, -0.1) is 0 Å². The number of aldehydes is 1. The summed E-state index contributed by atoms with van der Waals surface area (Å²) in [6.45, 7) is 0. The van der Waals surface area contributed by atoms with Crippen molar-refractivity contribution in [1.82, 2.24) is 0 Å². The minimum Gasteiger partial charge on any atom is -0.478 e. The SMILES string of the molecule is CO.O=Cc1cccc(C(=O)O)c1C(=O)O. The zero-order valence-electron chi connectivity index (χ0n) is 8.38. The lowest BCUT2D eigenvalue weighted by Gasteiger charge is -2.02. The first-order chi connectivity index (χ1) is 7.57. The monoisotopic (exact) mass is 226 g/mol. The summed E-state index contributed by atoms with van der Waals surface area (Å²) in [5, 5.41) is 24.4. The lowest BCUT2D eigenvalue weighted by molar-refractivity contribution is 0.0650. The zero-order valence-corrected chi connectivity index (χ0v) is 8.38. The van der Waals surface area contributed by atoms with E-state index < -0.39 is 17.5 Å². The van der Waals surface area contributed by atoms with E-state index in [2.05, 4.69) is 0 Å². The molecule has 6 heteroatoms. The van der Waals surface area contributed by atoms with E-state index in [1.807, 2.05) is 0 Å². The molecular weight excluding hydrogens is 216 g/mol. The van der Waals surface area contributed by atoms with Crippen LogP contribution in [0.2, 0.25) is 0 Å². The van der Waals surface area contributed by atoms with E-state index in [0.717, 1.165) is 13.2 Å². The van der Waals surface area contributed by atoms with Crippen LogP contribution >= 0.6 is 0 Å². The van der Waals surface area contributed by atoms with E-state index in [4.69, 9.17) is 15.3 Å². The van der Waals surface area contributed by atoms with E-state index in [-0.39, 0.29) is 11.1 Å². The highest BCUT2D eigenvalue weighted by Crippen LogP contribution is 2.13. The van der Waals surface area contributed by atoms with Crippen LogP contribution < -0.4 is 0 Å². The Morgan fingerprint density at radius 3 is 2.06 bits per heavy atom. The summed E-state index contributed by atoms with van der Waals surface area (Å²) >= 11 is 0. The second-order valence-electron chi connectivity index (χ2n) is 2.50. The van der Waals surface area contributed by atoms with Gasteiger partial charge in [-0.2, -0.15) is 0 Å². The van der Waals surface area contributed by atoms with Gasteiger partial charge in [0.25, 0.3) is 0 Å². The quantitative estimate of drug-likeness (QED) is 0.647. The van der Waals surface area contributed by atoms with E-state index in [9.17, 15) is 14.4 Å². The van der Waals surface area contributed by atoms with Gasteiger partial charge in [-0.1, -0.05) is 12.1 Å². The minimum absolute atomic E-state index is 0.141. The molecule has 0 fully saturated rings. The first-order valence-corrected chi connectivity index (χ1v) is 4.07. The molecule has 0 aliphatic carbocycles. The van der Waals surface area contributed by atoms with Gasteiger partial charge in [0, 0.05) is 12.7 Å². The maximum atomic E-state index is 10.7. The number of hydrogen-bond donors (Lipinski definition) is 3. The summed E-state index contributed by atoms with van der Waals surface area (Å²) in [6, 6.07) is 3.71. The van der Waals surface area contributed by atoms with Gasteiger partial charge in [0.15, 0.2) is 6.29 Å². The molecule has 0 aliphatic heterocycles. The highest BCUT2D eigenvalue weighted by Gasteiger charge is 2.18. The van der Waals surface area contributed by atoms with Gasteiger partial charge in [0.2, 0.25) is 0 Å². The van der Waals surface area contributed by atoms with Crippen LogP contribution in [0.4, 0.5) is 0 Å². The van der Waals surface area contributed by atoms with Crippen molar-refractivity contribution < 1.29 is 29.7 Å². The molecule has 0 unspecified atom stereocenters. The highest BCUT2D eigenvalue weighted by atomic mass is 16.4. The number of hydrogen-bond acceptors (Lipinski definition) is 4. The fourth-order valence-electron chi connectivity index (χ4n) is 1.09. The molecule has 0 saturated heterocycles. The number of aliphatic hydroxyl groups excluding tert-OH is 1. The second kappa shape index (κ2) is 6.31. The molecule has 0 aliphatic rings. The van der Waals surface area contributed by atoms with Crippen molar-refractivity contribution in [3.63, 3.8) is 0 Å². The molecule has 1 rings (SSSR count). The third kappa shape index (κ3) is 2.89. The molecule has 0 spiro atoms. The molecule has 0 saturated carbocycles. The Balaban J connectivity index is 0.00000106. The standard InChI is InChI=1S/C9H6O5.CH4O/c10-4-5-2-1-3-6(8(11)12)7(5)9(13)14;1-2/h1-4H,(H,11,12)(H,13,14);2H,1H3. The van der Waals surface area contributed by atoms with Crippen LogP contribution in [0, 0.1) is 0 Å².